The average molecular weight is 464 g/mol. The van der Waals surface area contributed by atoms with Gasteiger partial charge < -0.3 is 20.1 Å². The lowest BCUT2D eigenvalue weighted by Crippen LogP contribution is -2.45. The molecular formula is C17H26FIN4O2. The molecule has 2 saturated heterocycles. The summed E-state index contributed by atoms with van der Waals surface area (Å²) < 4.78 is 24.0. The van der Waals surface area contributed by atoms with Crippen molar-refractivity contribution in [1.29, 1.82) is 0 Å². The second-order valence-corrected chi connectivity index (χ2v) is 6.01. The largest absolute Gasteiger partial charge is 0.379 e. The third kappa shape index (κ3) is 5.77. The number of rotatable bonds is 4. The third-order valence-electron chi connectivity index (χ3n) is 4.50. The lowest BCUT2D eigenvalue weighted by Gasteiger charge is -2.34. The number of ether oxygens (including phenoxy) is 2. The quantitative estimate of drug-likeness (QED) is 0.416. The van der Waals surface area contributed by atoms with E-state index in [1.165, 1.54) is 12.1 Å². The molecule has 2 N–H and O–H groups in total. The number of hydrogen-bond donors (Lipinski definition) is 1. The number of guanidine groups is 1. The molecule has 2 heterocycles. The second kappa shape index (κ2) is 10.2. The maximum atomic E-state index is 13.2. The van der Waals surface area contributed by atoms with Crippen LogP contribution in [0, 0.1) is 5.82 Å². The zero-order chi connectivity index (χ0) is 16.8. The minimum atomic E-state index is -0.226. The van der Waals surface area contributed by atoms with E-state index in [-0.39, 0.29) is 35.8 Å². The fourth-order valence-corrected chi connectivity index (χ4v) is 3.08. The maximum Gasteiger partial charge on any atom is 0.191 e. The van der Waals surface area contributed by atoms with Gasteiger partial charge in [0, 0.05) is 26.2 Å². The molecule has 1 aromatic rings. The van der Waals surface area contributed by atoms with Crippen LogP contribution in [0.5, 0.6) is 0 Å². The summed E-state index contributed by atoms with van der Waals surface area (Å²) >= 11 is 0. The van der Waals surface area contributed by atoms with Crippen molar-refractivity contribution >= 4 is 29.9 Å². The number of hydrogen-bond acceptors (Lipinski definition) is 4. The molecule has 1 atom stereocenters. The zero-order valence-electron chi connectivity index (χ0n) is 14.3. The first-order chi connectivity index (χ1) is 11.7. The van der Waals surface area contributed by atoms with Crippen molar-refractivity contribution < 1.29 is 13.9 Å². The Balaban J connectivity index is 0.00000225. The predicted molar refractivity (Wildman–Crippen MR) is 106 cm³/mol. The first-order valence-electron chi connectivity index (χ1n) is 8.44. The fraction of sp³-hybridized carbons (Fsp3) is 0.588. The van der Waals surface area contributed by atoms with Gasteiger partial charge in [0.25, 0.3) is 0 Å². The highest BCUT2D eigenvalue weighted by molar-refractivity contribution is 14.0. The first-order valence-corrected chi connectivity index (χ1v) is 8.44. The summed E-state index contributed by atoms with van der Waals surface area (Å²) in [5, 5.41) is 0. The summed E-state index contributed by atoms with van der Waals surface area (Å²) in [7, 11) is 0. The van der Waals surface area contributed by atoms with Crippen molar-refractivity contribution in [2.75, 3.05) is 59.2 Å². The van der Waals surface area contributed by atoms with Crippen molar-refractivity contribution in [3.8, 4) is 0 Å². The fourth-order valence-electron chi connectivity index (χ4n) is 3.08. The number of nitrogens with zero attached hydrogens (tertiary/aromatic N) is 3. The van der Waals surface area contributed by atoms with Gasteiger partial charge in [-0.1, -0.05) is 12.1 Å². The molecule has 0 amide bonds. The van der Waals surface area contributed by atoms with Crippen molar-refractivity contribution in [2.24, 2.45) is 10.7 Å². The van der Waals surface area contributed by atoms with Crippen LogP contribution in [0.2, 0.25) is 0 Å². The van der Waals surface area contributed by atoms with Gasteiger partial charge >= 0.3 is 0 Å². The van der Waals surface area contributed by atoms with E-state index in [1.807, 2.05) is 17.0 Å². The van der Waals surface area contributed by atoms with E-state index < -0.39 is 0 Å². The molecule has 0 saturated carbocycles. The molecule has 8 heteroatoms. The van der Waals surface area contributed by atoms with Crippen molar-refractivity contribution in [3.63, 3.8) is 0 Å². The molecular weight excluding hydrogens is 438 g/mol. The lowest BCUT2D eigenvalue weighted by atomic mass is 10.0. The average Bonchev–Trinajstić information content (AvgIpc) is 2.65. The van der Waals surface area contributed by atoms with Crippen LogP contribution in [0.3, 0.4) is 0 Å². The van der Waals surface area contributed by atoms with Crippen LogP contribution in [-0.4, -0.2) is 74.9 Å². The van der Waals surface area contributed by atoms with E-state index in [2.05, 4.69) is 9.89 Å². The van der Waals surface area contributed by atoms with Gasteiger partial charge in [-0.3, -0.25) is 9.89 Å². The Morgan fingerprint density at radius 1 is 1.04 bits per heavy atom. The molecule has 2 aliphatic rings. The van der Waals surface area contributed by atoms with Crippen molar-refractivity contribution in [3.05, 3.63) is 35.6 Å². The lowest BCUT2D eigenvalue weighted by molar-refractivity contribution is 0.0178. The van der Waals surface area contributed by atoms with E-state index in [0.717, 1.165) is 31.7 Å². The Labute approximate surface area is 165 Å². The number of aliphatic imine (C=N–C) groups is 1. The Bertz CT molecular complexity index is 546. The summed E-state index contributed by atoms with van der Waals surface area (Å²) in [6.45, 7) is 6.56. The summed E-state index contributed by atoms with van der Waals surface area (Å²) in [6, 6.07) is 6.73. The summed E-state index contributed by atoms with van der Waals surface area (Å²) in [4.78, 5) is 8.98. The number of benzene rings is 1. The van der Waals surface area contributed by atoms with Crippen molar-refractivity contribution in [1.82, 2.24) is 9.80 Å². The molecule has 0 spiro atoms. The Morgan fingerprint density at radius 2 is 1.60 bits per heavy atom. The predicted octanol–water partition coefficient (Wildman–Crippen LogP) is 1.46. The Hall–Kier alpha value is -0.970. The highest BCUT2D eigenvalue weighted by Crippen LogP contribution is 2.22. The van der Waals surface area contributed by atoms with E-state index >= 15 is 0 Å². The minimum absolute atomic E-state index is 0. The van der Waals surface area contributed by atoms with Gasteiger partial charge in [-0.15, -0.1) is 24.0 Å². The molecule has 0 bridgehead atoms. The summed E-state index contributed by atoms with van der Waals surface area (Å²) in [6.07, 6.45) is 0. The van der Waals surface area contributed by atoms with Crippen LogP contribution in [0.1, 0.15) is 11.6 Å². The molecule has 0 aromatic heterocycles. The van der Waals surface area contributed by atoms with Crippen LogP contribution < -0.4 is 5.73 Å². The molecule has 2 aliphatic heterocycles. The minimum Gasteiger partial charge on any atom is -0.379 e. The molecule has 3 rings (SSSR count). The van der Waals surface area contributed by atoms with Crippen LogP contribution in [0.4, 0.5) is 4.39 Å². The summed E-state index contributed by atoms with van der Waals surface area (Å²) in [5.74, 6) is 0.328. The monoisotopic (exact) mass is 464 g/mol. The second-order valence-electron chi connectivity index (χ2n) is 6.01. The van der Waals surface area contributed by atoms with Gasteiger partial charge in [-0.25, -0.2) is 4.39 Å². The van der Waals surface area contributed by atoms with Gasteiger partial charge in [-0.2, -0.15) is 0 Å². The van der Waals surface area contributed by atoms with Gasteiger partial charge in [0.2, 0.25) is 0 Å². The highest BCUT2D eigenvalue weighted by atomic mass is 127. The van der Waals surface area contributed by atoms with E-state index in [0.29, 0.717) is 38.9 Å². The summed E-state index contributed by atoms with van der Waals surface area (Å²) in [5.41, 5.74) is 7.20. The van der Waals surface area contributed by atoms with Crippen LogP contribution in [0.25, 0.3) is 0 Å². The number of nitrogens with two attached hydrogens (primary N) is 1. The molecule has 1 aromatic carbocycles. The first kappa shape index (κ1) is 20.3. The standard InChI is InChI=1S/C17H25FN4O2.HI/c18-15-3-1-14(2-4-15)16(21-5-9-23-10-6-21)13-20-17(19)22-7-11-24-12-8-22;/h1-4,16H,5-13H2,(H2,19,20);1H. The van der Waals surface area contributed by atoms with Gasteiger partial charge in [0.1, 0.15) is 5.82 Å². The van der Waals surface area contributed by atoms with Crippen molar-refractivity contribution in [2.45, 2.75) is 6.04 Å². The molecule has 1 unspecified atom stereocenters. The van der Waals surface area contributed by atoms with Gasteiger partial charge in [0.05, 0.1) is 39.0 Å². The molecule has 6 nitrogen and oxygen atoms in total. The smallest absolute Gasteiger partial charge is 0.191 e. The normalized spacial score (nSPS) is 20.8. The number of morpholine rings is 2. The van der Waals surface area contributed by atoms with Crippen LogP contribution in [-0.2, 0) is 9.47 Å². The third-order valence-corrected chi connectivity index (χ3v) is 4.50. The van der Waals surface area contributed by atoms with Crippen LogP contribution in [0.15, 0.2) is 29.3 Å². The molecule has 2 fully saturated rings. The van der Waals surface area contributed by atoms with Gasteiger partial charge in [-0.05, 0) is 17.7 Å². The Kier molecular flexibility index (Phi) is 8.34. The highest BCUT2D eigenvalue weighted by Gasteiger charge is 2.23. The van der Waals surface area contributed by atoms with Crippen LogP contribution >= 0.6 is 24.0 Å². The maximum absolute atomic E-state index is 13.2. The van der Waals surface area contributed by atoms with E-state index in [1.54, 1.807) is 0 Å². The van der Waals surface area contributed by atoms with Gasteiger partial charge in [0.15, 0.2) is 5.96 Å². The Morgan fingerprint density at radius 3 is 2.20 bits per heavy atom. The molecule has 0 aliphatic carbocycles. The SMILES string of the molecule is I.NC(=NCC(c1ccc(F)cc1)N1CCOCC1)N1CCOCC1. The molecule has 0 radical (unpaired) electrons. The van der Waals surface area contributed by atoms with E-state index in [4.69, 9.17) is 15.2 Å². The molecule has 140 valence electrons. The number of halogens is 2. The molecule has 25 heavy (non-hydrogen) atoms. The topological polar surface area (TPSA) is 63.3 Å². The zero-order valence-corrected chi connectivity index (χ0v) is 16.6. The van der Waals surface area contributed by atoms with E-state index in [9.17, 15) is 4.39 Å².